The zero-order valence-electron chi connectivity index (χ0n) is 13.1. The van der Waals surface area contributed by atoms with Gasteiger partial charge in [0.1, 0.15) is 12.1 Å². The minimum atomic E-state index is -0.867. The van der Waals surface area contributed by atoms with E-state index in [1.165, 1.54) is 11.3 Å². The highest BCUT2D eigenvalue weighted by molar-refractivity contribution is 5.97. The number of carbonyl (C=O) groups excluding carboxylic acids is 3. The molecule has 4 amide bonds. The lowest BCUT2D eigenvalue weighted by Gasteiger charge is -2.33. The Morgan fingerprint density at radius 1 is 1.17 bits per heavy atom. The van der Waals surface area contributed by atoms with Crippen LogP contribution in [0.5, 0.6) is 0 Å². The molecule has 4 N–H and O–H groups in total. The quantitative estimate of drug-likeness (QED) is 0.538. The molecule has 2 aliphatic heterocycles. The van der Waals surface area contributed by atoms with E-state index in [1.807, 2.05) is 0 Å². The molecule has 0 unspecified atom stereocenters. The van der Waals surface area contributed by atoms with Gasteiger partial charge in [-0.2, -0.15) is 0 Å². The number of aliphatic hydroxyl groups is 1. The Hall–Kier alpha value is -1.83. The van der Waals surface area contributed by atoms with Crippen molar-refractivity contribution in [3.63, 3.8) is 0 Å². The van der Waals surface area contributed by atoms with Gasteiger partial charge in [-0.05, 0) is 19.3 Å². The van der Waals surface area contributed by atoms with Crippen molar-refractivity contribution in [2.24, 2.45) is 0 Å². The number of fused-ring (bicyclic) bond motifs is 1. The second-order valence-corrected chi connectivity index (χ2v) is 6.64. The molecule has 0 aromatic carbocycles. The first kappa shape index (κ1) is 16.0. The fourth-order valence-electron chi connectivity index (χ4n) is 3.75. The third kappa shape index (κ3) is 3.41. The first-order chi connectivity index (χ1) is 11.1. The van der Waals surface area contributed by atoms with Crippen molar-refractivity contribution >= 4 is 17.8 Å². The largest absolute Gasteiger partial charge is 0.394 e. The summed E-state index contributed by atoms with van der Waals surface area (Å²) in [6.45, 7) is -0.0977. The summed E-state index contributed by atoms with van der Waals surface area (Å²) in [7, 11) is 0. The van der Waals surface area contributed by atoms with Gasteiger partial charge in [-0.3, -0.25) is 9.59 Å². The number of carbonyl (C=O) groups is 3. The van der Waals surface area contributed by atoms with Gasteiger partial charge in [-0.1, -0.05) is 19.3 Å². The molecule has 3 atom stereocenters. The summed E-state index contributed by atoms with van der Waals surface area (Å²) in [5, 5.41) is 17.5. The number of nitrogens with one attached hydrogen (secondary N) is 3. The Bertz CT molecular complexity index is 492. The molecule has 3 aliphatic rings. The highest BCUT2D eigenvalue weighted by Crippen LogP contribution is 2.23. The van der Waals surface area contributed by atoms with Crippen molar-refractivity contribution in [3.8, 4) is 0 Å². The third-order valence-electron chi connectivity index (χ3n) is 4.96. The number of nitrogens with zero attached hydrogens (tertiary/aromatic N) is 1. The lowest BCUT2D eigenvalue weighted by molar-refractivity contribution is -0.148. The Kier molecular flexibility index (Phi) is 4.70. The predicted octanol–water partition coefficient (Wildman–Crippen LogP) is -0.921. The van der Waals surface area contributed by atoms with Gasteiger partial charge in [0.05, 0.1) is 12.6 Å². The number of amides is 4. The van der Waals surface area contributed by atoms with Gasteiger partial charge >= 0.3 is 6.03 Å². The number of aliphatic hydroxyl groups excluding tert-OH is 1. The number of urea groups is 1. The van der Waals surface area contributed by atoms with E-state index in [-0.39, 0.29) is 29.9 Å². The molecule has 2 heterocycles. The third-order valence-corrected chi connectivity index (χ3v) is 4.96. The van der Waals surface area contributed by atoms with E-state index in [9.17, 15) is 14.4 Å². The topological polar surface area (TPSA) is 111 Å². The highest BCUT2D eigenvalue weighted by atomic mass is 16.3. The highest BCUT2D eigenvalue weighted by Gasteiger charge is 2.46. The zero-order valence-corrected chi connectivity index (χ0v) is 13.1. The summed E-state index contributed by atoms with van der Waals surface area (Å²) in [5.41, 5.74) is 0. The number of rotatable bonds is 3. The van der Waals surface area contributed by atoms with Gasteiger partial charge < -0.3 is 26.0 Å². The molecule has 0 aromatic heterocycles. The van der Waals surface area contributed by atoms with Crippen LogP contribution >= 0.6 is 0 Å². The molecule has 128 valence electrons. The lowest BCUT2D eigenvalue weighted by atomic mass is 9.96. The van der Waals surface area contributed by atoms with Crippen LogP contribution in [0.3, 0.4) is 0 Å². The van der Waals surface area contributed by atoms with Gasteiger partial charge in [0.2, 0.25) is 11.8 Å². The summed E-state index contributed by atoms with van der Waals surface area (Å²) in [5.74, 6) is -0.547. The maximum absolute atomic E-state index is 12.2. The van der Waals surface area contributed by atoms with Crippen LogP contribution in [0.1, 0.15) is 38.5 Å². The van der Waals surface area contributed by atoms with Gasteiger partial charge in [0.25, 0.3) is 0 Å². The van der Waals surface area contributed by atoms with E-state index in [0.29, 0.717) is 13.0 Å². The van der Waals surface area contributed by atoms with Crippen molar-refractivity contribution in [3.05, 3.63) is 0 Å². The Morgan fingerprint density at radius 2 is 1.87 bits per heavy atom. The standard InChI is InChI=1S/C15H24N4O4/c20-8-11-14(22)19-7-10(6-12(19)13(21)18-11)17-15(23)16-9-4-2-1-3-5-9/h9-12,20H,1-8H2,(H,18,21)(H2,16,17,23)/t10-,11+,12-/m0/s1. The number of hydrogen-bond acceptors (Lipinski definition) is 4. The van der Waals surface area contributed by atoms with E-state index in [0.717, 1.165) is 25.7 Å². The lowest BCUT2D eigenvalue weighted by Crippen LogP contribution is -2.62. The summed E-state index contributed by atoms with van der Waals surface area (Å²) >= 11 is 0. The van der Waals surface area contributed by atoms with Crippen molar-refractivity contribution in [2.45, 2.75) is 62.7 Å². The Balaban J connectivity index is 1.53. The van der Waals surface area contributed by atoms with E-state index in [2.05, 4.69) is 16.0 Å². The summed E-state index contributed by atoms with van der Waals surface area (Å²) in [4.78, 5) is 37.7. The normalized spacial score (nSPS) is 31.5. The summed E-state index contributed by atoms with van der Waals surface area (Å²) in [6, 6.07) is -1.67. The van der Waals surface area contributed by atoms with Crippen LogP contribution in [-0.4, -0.2) is 65.2 Å². The zero-order chi connectivity index (χ0) is 16.4. The fourth-order valence-corrected chi connectivity index (χ4v) is 3.75. The van der Waals surface area contributed by atoms with Crippen molar-refractivity contribution in [1.29, 1.82) is 0 Å². The minimum absolute atomic E-state index is 0.219. The van der Waals surface area contributed by atoms with Gasteiger partial charge in [0.15, 0.2) is 0 Å². The van der Waals surface area contributed by atoms with E-state index in [1.54, 1.807) is 0 Å². The van der Waals surface area contributed by atoms with Crippen molar-refractivity contribution in [2.75, 3.05) is 13.2 Å². The average Bonchev–Trinajstić information content (AvgIpc) is 2.96. The van der Waals surface area contributed by atoms with Crippen LogP contribution < -0.4 is 16.0 Å². The molecule has 8 nitrogen and oxygen atoms in total. The molecule has 0 spiro atoms. The molecule has 3 fully saturated rings. The Morgan fingerprint density at radius 3 is 2.57 bits per heavy atom. The van der Waals surface area contributed by atoms with Crippen LogP contribution in [0, 0.1) is 0 Å². The van der Waals surface area contributed by atoms with E-state index >= 15 is 0 Å². The molecule has 23 heavy (non-hydrogen) atoms. The summed E-state index contributed by atoms with van der Waals surface area (Å²) < 4.78 is 0. The number of piperazine rings is 1. The van der Waals surface area contributed by atoms with Crippen molar-refractivity contribution in [1.82, 2.24) is 20.9 Å². The molecule has 8 heteroatoms. The van der Waals surface area contributed by atoms with Crippen LogP contribution in [0.15, 0.2) is 0 Å². The summed E-state index contributed by atoms with van der Waals surface area (Å²) in [6.07, 6.45) is 5.93. The van der Waals surface area contributed by atoms with E-state index in [4.69, 9.17) is 5.11 Å². The maximum Gasteiger partial charge on any atom is 0.315 e. The average molecular weight is 324 g/mol. The maximum atomic E-state index is 12.2. The monoisotopic (exact) mass is 324 g/mol. The van der Waals surface area contributed by atoms with Gasteiger partial charge in [-0.15, -0.1) is 0 Å². The second kappa shape index (κ2) is 6.74. The van der Waals surface area contributed by atoms with Crippen LogP contribution in [0.25, 0.3) is 0 Å². The van der Waals surface area contributed by atoms with Crippen LogP contribution in [0.2, 0.25) is 0 Å². The molecule has 2 saturated heterocycles. The number of hydrogen-bond donors (Lipinski definition) is 4. The molecule has 0 aromatic rings. The first-order valence-electron chi connectivity index (χ1n) is 8.37. The Labute approximate surface area is 135 Å². The van der Waals surface area contributed by atoms with Crippen molar-refractivity contribution < 1.29 is 19.5 Å². The molecular formula is C15H24N4O4. The molecule has 0 radical (unpaired) electrons. The van der Waals surface area contributed by atoms with Gasteiger partial charge in [-0.25, -0.2) is 4.79 Å². The van der Waals surface area contributed by atoms with E-state index < -0.39 is 18.7 Å². The van der Waals surface area contributed by atoms with Crippen LogP contribution in [-0.2, 0) is 9.59 Å². The van der Waals surface area contributed by atoms with Crippen LogP contribution in [0.4, 0.5) is 4.79 Å². The molecule has 1 aliphatic carbocycles. The molecule has 3 rings (SSSR count). The molecular weight excluding hydrogens is 300 g/mol. The molecule has 0 bridgehead atoms. The SMILES string of the molecule is O=C(NC1CCCCC1)N[C@H]1C[C@H]2C(=O)N[C@H](CO)C(=O)N2C1. The fraction of sp³-hybridized carbons (Fsp3) is 0.800. The molecule has 1 saturated carbocycles. The minimum Gasteiger partial charge on any atom is -0.394 e. The second-order valence-electron chi connectivity index (χ2n) is 6.64. The smallest absolute Gasteiger partial charge is 0.315 e. The first-order valence-corrected chi connectivity index (χ1v) is 8.37. The van der Waals surface area contributed by atoms with Gasteiger partial charge in [0, 0.05) is 12.6 Å². The predicted molar refractivity (Wildman–Crippen MR) is 81.5 cm³/mol.